The third-order valence-electron chi connectivity index (χ3n) is 2.28. The minimum atomic E-state index is -1.00. The largest absolute Gasteiger partial charge is 0.387 e. The van der Waals surface area contributed by atoms with Crippen LogP contribution in [0.15, 0.2) is 24.3 Å². The summed E-state index contributed by atoms with van der Waals surface area (Å²) < 4.78 is 13.4. The molecule has 1 aromatic carbocycles. The zero-order valence-corrected chi connectivity index (χ0v) is 9.07. The predicted molar refractivity (Wildman–Crippen MR) is 59.3 cm³/mol. The summed E-state index contributed by atoms with van der Waals surface area (Å²) in [6.07, 6.45) is 0. The zero-order valence-electron chi connectivity index (χ0n) is 9.07. The quantitative estimate of drug-likeness (QED) is 0.782. The lowest BCUT2D eigenvalue weighted by atomic mass is 10.1. The number of hydrogen-bond acceptors (Lipinski definition) is 3. The van der Waals surface area contributed by atoms with Crippen LogP contribution in [0.1, 0.15) is 6.92 Å². The molecule has 1 atom stereocenters. The molecule has 0 radical (unpaired) electrons. The fourth-order valence-corrected chi connectivity index (χ4v) is 1.42. The van der Waals surface area contributed by atoms with Gasteiger partial charge in [0.2, 0.25) is 0 Å². The number of rotatable bonds is 4. The van der Waals surface area contributed by atoms with Gasteiger partial charge in [-0.25, -0.2) is 4.39 Å². The predicted octanol–water partition coefficient (Wildman–Crippen LogP) is 0.972. The maximum absolute atomic E-state index is 13.4. The molecule has 84 valence electrons. The number of halogens is 1. The van der Waals surface area contributed by atoms with Crippen LogP contribution in [0.25, 0.3) is 0 Å². The first-order chi connectivity index (χ1) is 6.96. The molecule has 1 aromatic rings. The topological polar surface area (TPSA) is 49.5 Å². The molecule has 0 saturated heterocycles. The number of benzene rings is 1. The molecule has 0 aliphatic carbocycles. The molecule has 0 aliphatic rings. The van der Waals surface area contributed by atoms with Crippen LogP contribution < -0.4 is 10.6 Å². The molecule has 0 fully saturated rings. The average Bonchev–Trinajstić information content (AvgIpc) is 2.17. The van der Waals surface area contributed by atoms with E-state index >= 15 is 0 Å². The number of likely N-dealkylation sites (N-methyl/N-ethyl adjacent to an activating group) is 1. The second kappa shape index (κ2) is 4.59. The van der Waals surface area contributed by atoms with Crippen LogP contribution in [-0.2, 0) is 0 Å². The number of nitrogens with zero attached hydrogens (tertiary/aromatic N) is 1. The van der Waals surface area contributed by atoms with Gasteiger partial charge in [-0.3, -0.25) is 0 Å². The minimum absolute atomic E-state index is 0.145. The van der Waals surface area contributed by atoms with Gasteiger partial charge >= 0.3 is 0 Å². The van der Waals surface area contributed by atoms with Crippen molar-refractivity contribution in [3.8, 4) is 0 Å². The van der Waals surface area contributed by atoms with Crippen molar-refractivity contribution in [1.82, 2.24) is 0 Å². The van der Waals surface area contributed by atoms with E-state index in [0.717, 1.165) is 0 Å². The van der Waals surface area contributed by atoms with Gasteiger partial charge < -0.3 is 15.7 Å². The van der Waals surface area contributed by atoms with E-state index in [4.69, 9.17) is 5.73 Å². The fourth-order valence-electron chi connectivity index (χ4n) is 1.42. The van der Waals surface area contributed by atoms with E-state index in [1.54, 1.807) is 37.1 Å². The SMILES string of the molecule is CN(CC(C)(O)CN)c1ccccc1F. The van der Waals surface area contributed by atoms with Crippen LogP contribution in [0.4, 0.5) is 10.1 Å². The smallest absolute Gasteiger partial charge is 0.146 e. The Morgan fingerprint density at radius 3 is 2.60 bits per heavy atom. The van der Waals surface area contributed by atoms with Gasteiger partial charge in [0.25, 0.3) is 0 Å². The van der Waals surface area contributed by atoms with Gasteiger partial charge in [0.1, 0.15) is 5.82 Å². The fraction of sp³-hybridized carbons (Fsp3) is 0.455. The first kappa shape index (κ1) is 11.9. The van der Waals surface area contributed by atoms with Crippen LogP contribution >= 0.6 is 0 Å². The average molecular weight is 212 g/mol. The lowest BCUT2D eigenvalue weighted by Crippen LogP contribution is -2.45. The van der Waals surface area contributed by atoms with Crippen molar-refractivity contribution in [1.29, 1.82) is 0 Å². The Balaban J connectivity index is 2.78. The monoisotopic (exact) mass is 212 g/mol. The second-order valence-corrected chi connectivity index (χ2v) is 4.01. The van der Waals surface area contributed by atoms with Gasteiger partial charge in [0.05, 0.1) is 11.3 Å². The Labute approximate surface area is 89.3 Å². The van der Waals surface area contributed by atoms with Gasteiger partial charge in [-0.2, -0.15) is 0 Å². The Morgan fingerprint density at radius 2 is 2.07 bits per heavy atom. The Hall–Kier alpha value is -1.13. The van der Waals surface area contributed by atoms with E-state index < -0.39 is 5.60 Å². The summed E-state index contributed by atoms with van der Waals surface area (Å²) in [5.41, 5.74) is 4.86. The van der Waals surface area contributed by atoms with Gasteiger partial charge in [-0.15, -0.1) is 0 Å². The molecule has 3 nitrogen and oxygen atoms in total. The minimum Gasteiger partial charge on any atom is -0.387 e. The number of nitrogens with two attached hydrogens (primary N) is 1. The maximum atomic E-state index is 13.4. The number of anilines is 1. The second-order valence-electron chi connectivity index (χ2n) is 4.01. The van der Waals surface area contributed by atoms with Crippen molar-refractivity contribution in [3.05, 3.63) is 30.1 Å². The van der Waals surface area contributed by atoms with Gasteiger partial charge in [0.15, 0.2) is 0 Å². The van der Waals surface area contributed by atoms with E-state index in [9.17, 15) is 9.50 Å². The van der Waals surface area contributed by atoms with E-state index in [0.29, 0.717) is 12.2 Å². The van der Waals surface area contributed by atoms with Crippen molar-refractivity contribution in [3.63, 3.8) is 0 Å². The van der Waals surface area contributed by atoms with Crippen LogP contribution in [-0.4, -0.2) is 30.8 Å². The van der Waals surface area contributed by atoms with Crippen molar-refractivity contribution < 1.29 is 9.50 Å². The number of aliphatic hydroxyl groups is 1. The Bertz CT molecular complexity index is 328. The van der Waals surface area contributed by atoms with Gasteiger partial charge in [-0.05, 0) is 19.1 Å². The molecule has 1 unspecified atom stereocenters. The third kappa shape index (κ3) is 3.18. The molecule has 0 saturated carbocycles. The number of hydrogen-bond donors (Lipinski definition) is 2. The van der Waals surface area contributed by atoms with E-state index in [-0.39, 0.29) is 12.4 Å². The highest BCUT2D eigenvalue weighted by molar-refractivity contribution is 5.47. The molecule has 1 rings (SSSR count). The summed E-state index contributed by atoms with van der Waals surface area (Å²) in [6.45, 7) is 2.07. The standard InChI is InChI=1S/C11H17FN2O/c1-11(15,7-13)8-14(2)10-6-4-3-5-9(10)12/h3-6,15H,7-8,13H2,1-2H3. The van der Waals surface area contributed by atoms with Crippen molar-refractivity contribution >= 4 is 5.69 Å². The Morgan fingerprint density at radius 1 is 1.47 bits per heavy atom. The van der Waals surface area contributed by atoms with Crippen molar-refractivity contribution in [2.75, 3.05) is 25.0 Å². The molecule has 4 heteroatoms. The molecule has 3 N–H and O–H groups in total. The maximum Gasteiger partial charge on any atom is 0.146 e. The van der Waals surface area contributed by atoms with Crippen LogP contribution in [0.3, 0.4) is 0 Å². The van der Waals surface area contributed by atoms with Gasteiger partial charge in [0, 0.05) is 20.1 Å². The first-order valence-corrected chi connectivity index (χ1v) is 4.84. The molecular formula is C11H17FN2O. The molecule has 0 aromatic heterocycles. The zero-order chi connectivity index (χ0) is 11.5. The normalized spacial score (nSPS) is 14.7. The molecule has 0 heterocycles. The summed E-state index contributed by atoms with van der Waals surface area (Å²) >= 11 is 0. The summed E-state index contributed by atoms with van der Waals surface area (Å²) in [4.78, 5) is 1.65. The third-order valence-corrected chi connectivity index (χ3v) is 2.28. The molecule has 15 heavy (non-hydrogen) atoms. The molecule has 0 spiro atoms. The van der Waals surface area contributed by atoms with Crippen molar-refractivity contribution in [2.45, 2.75) is 12.5 Å². The van der Waals surface area contributed by atoms with Gasteiger partial charge in [-0.1, -0.05) is 12.1 Å². The van der Waals surface area contributed by atoms with Crippen LogP contribution in [0.5, 0.6) is 0 Å². The molecular weight excluding hydrogens is 195 g/mol. The Kier molecular flexibility index (Phi) is 3.66. The number of para-hydroxylation sites is 1. The lowest BCUT2D eigenvalue weighted by molar-refractivity contribution is 0.0771. The van der Waals surface area contributed by atoms with Crippen LogP contribution in [0.2, 0.25) is 0 Å². The summed E-state index contributed by atoms with van der Waals surface area (Å²) in [6, 6.07) is 6.45. The highest BCUT2D eigenvalue weighted by atomic mass is 19.1. The molecule has 0 aliphatic heterocycles. The molecule has 0 amide bonds. The summed E-state index contributed by atoms with van der Waals surface area (Å²) in [5, 5.41) is 9.76. The van der Waals surface area contributed by atoms with Crippen molar-refractivity contribution in [2.24, 2.45) is 5.73 Å². The molecule has 0 bridgehead atoms. The summed E-state index contributed by atoms with van der Waals surface area (Å²) in [7, 11) is 1.72. The van der Waals surface area contributed by atoms with E-state index in [1.165, 1.54) is 6.07 Å². The lowest BCUT2D eigenvalue weighted by Gasteiger charge is -2.29. The highest BCUT2D eigenvalue weighted by Gasteiger charge is 2.21. The highest BCUT2D eigenvalue weighted by Crippen LogP contribution is 2.18. The van der Waals surface area contributed by atoms with E-state index in [2.05, 4.69) is 0 Å². The first-order valence-electron chi connectivity index (χ1n) is 4.84. The summed E-state index contributed by atoms with van der Waals surface area (Å²) in [5.74, 6) is -0.298. The van der Waals surface area contributed by atoms with Crippen LogP contribution in [0, 0.1) is 5.82 Å². The van der Waals surface area contributed by atoms with E-state index in [1.807, 2.05) is 0 Å².